The minimum Gasteiger partial charge on any atom is -0.508 e. The number of aryl methyl sites for hydroxylation is 1. The number of hydrogen-bond donors (Lipinski definition) is 1. The van der Waals surface area contributed by atoms with Gasteiger partial charge in [0.15, 0.2) is 0 Å². The lowest BCUT2D eigenvalue weighted by molar-refractivity contribution is 0.247. The van der Waals surface area contributed by atoms with E-state index in [0.717, 1.165) is 24.2 Å². The molecule has 0 aromatic heterocycles. The van der Waals surface area contributed by atoms with Crippen molar-refractivity contribution in [2.45, 2.75) is 31.6 Å². The van der Waals surface area contributed by atoms with E-state index >= 15 is 0 Å². The fourth-order valence-corrected chi connectivity index (χ4v) is 4.35. The summed E-state index contributed by atoms with van der Waals surface area (Å²) < 4.78 is 6.12. The van der Waals surface area contributed by atoms with Crippen molar-refractivity contribution >= 4 is 5.69 Å². The summed E-state index contributed by atoms with van der Waals surface area (Å²) in [6.07, 6.45) is 2.23. The number of phenolic OH excluding ortho intramolecular Hbond substituents is 1. The molecule has 1 N–H and O–H groups in total. The van der Waals surface area contributed by atoms with Gasteiger partial charge in [-0.3, -0.25) is 0 Å². The molecule has 0 radical (unpaired) electrons. The maximum atomic E-state index is 9.94. The normalized spacial score (nSPS) is 18.0. The molecule has 150 valence electrons. The van der Waals surface area contributed by atoms with Crippen LogP contribution in [0, 0.1) is 0 Å². The molecule has 0 saturated carbocycles. The minimum absolute atomic E-state index is 0.187. The third-order valence-corrected chi connectivity index (χ3v) is 5.84. The van der Waals surface area contributed by atoms with E-state index in [2.05, 4.69) is 74.4 Å². The SMILES string of the molecule is CCCc1cccc(C2COc3cc(O)ccc3C2c2ccc(N(C)C)cc2)c1. The van der Waals surface area contributed by atoms with Crippen molar-refractivity contribution in [3.63, 3.8) is 0 Å². The molecule has 2 atom stereocenters. The average Bonchev–Trinajstić information content (AvgIpc) is 2.73. The van der Waals surface area contributed by atoms with E-state index in [4.69, 9.17) is 4.74 Å². The lowest BCUT2D eigenvalue weighted by atomic mass is 9.75. The van der Waals surface area contributed by atoms with Gasteiger partial charge in [0.1, 0.15) is 11.5 Å². The number of phenols is 1. The van der Waals surface area contributed by atoms with E-state index < -0.39 is 0 Å². The van der Waals surface area contributed by atoms with Crippen LogP contribution in [0.1, 0.15) is 47.4 Å². The third-order valence-electron chi connectivity index (χ3n) is 5.84. The molecular formula is C26H29NO2. The first-order chi connectivity index (χ1) is 14.1. The van der Waals surface area contributed by atoms with Gasteiger partial charge in [-0.1, -0.05) is 55.8 Å². The van der Waals surface area contributed by atoms with Crippen LogP contribution < -0.4 is 9.64 Å². The molecule has 0 fully saturated rings. The zero-order valence-electron chi connectivity index (χ0n) is 17.4. The largest absolute Gasteiger partial charge is 0.508 e. The maximum absolute atomic E-state index is 9.94. The number of rotatable bonds is 5. The number of aromatic hydroxyl groups is 1. The van der Waals surface area contributed by atoms with Gasteiger partial charge >= 0.3 is 0 Å². The van der Waals surface area contributed by atoms with Crippen molar-refractivity contribution < 1.29 is 9.84 Å². The standard InChI is InChI=1S/C26H29NO2/c1-4-6-18-7-5-8-20(15-18)24-17-29-25-16-22(28)13-14-23(25)26(24)19-9-11-21(12-10-19)27(2)3/h5,7-16,24,26,28H,4,6,17H2,1-3H3. The summed E-state index contributed by atoms with van der Waals surface area (Å²) >= 11 is 0. The Labute approximate surface area is 173 Å². The van der Waals surface area contributed by atoms with Crippen molar-refractivity contribution in [3.05, 3.63) is 89.0 Å². The lowest BCUT2D eigenvalue weighted by Gasteiger charge is -2.35. The zero-order valence-corrected chi connectivity index (χ0v) is 17.4. The van der Waals surface area contributed by atoms with Crippen molar-refractivity contribution in [1.82, 2.24) is 0 Å². The molecule has 1 aliphatic heterocycles. The monoisotopic (exact) mass is 387 g/mol. The number of hydrogen-bond acceptors (Lipinski definition) is 3. The first-order valence-corrected chi connectivity index (χ1v) is 10.4. The summed E-state index contributed by atoms with van der Waals surface area (Å²) in [5.41, 5.74) is 6.29. The highest BCUT2D eigenvalue weighted by Crippen LogP contribution is 2.47. The zero-order chi connectivity index (χ0) is 20.4. The van der Waals surface area contributed by atoms with Crippen LogP contribution in [-0.4, -0.2) is 25.8 Å². The van der Waals surface area contributed by atoms with Gasteiger partial charge in [-0.05, 0) is 41.3 Å². The summed E-state index contributed by atoms with van der Waals surface area (Å²) in [6.45, 7) is 2.82. The summed E-state index contributed by atoms with van der Waals surface area (Å²) in [5.74, 6) is 1.45. The Morgan fingerprint density at radius 2 is 1.76 bits per heavy atom. The molecular weight excluding hydrogens is 358 g/mol. The summed E-state index contributed by atoms with van der Waals surface area (Å²) in [6, 6.07) is 23.3. The number of fused-ring (bicyclic) bond motifs is 1. The van der Waals surface area contributed by atoms with Crippen LogP contribution in [0.15, 0.2) is 66.7 Å². The molecule has 0 spiro atoms. The van der Waals surface area contributed by atoms with Crippen molar-refractivity contribution in [3.8, 4) is 11.5 Å². The predicted octanol–water partition coefficient (Wildman–Crippen LogP) is 5.72. The molecule has 2 unspecified atom stereocenters. The molecule has 3 nitrogen and oxygen atoms in total. The van der Waals surface area contributed by atoms with Gasteiger partial charge in [-0.25, -0.2) is 0 Å². The van der Waals surface area contributed by atoms with E-state index in [1.807, 2.05) is 6.07 Å². The van der Waals surface area contributed by atoms with Crippen molar-refractivity contribution in [1.29, 1.82) is 0 Å². The topological polar surface area (TPSA) is 32.7 Å². The van der Waals surface area contributed by atoms with E-state index in [1.54, 1.807) is 12.1 Å². The van der Waals surface area contributed by atoms with Crippen LogP contribution in [-0.2, 0) is 6.42 Å². The Bertz CT molecular complexity index is 978. The van der Waals surface area contributed by atoms with Crippen molar-refractivity contribution in [2.24, 2.45) is 0 Å². The maximum Gasteiger partial charge on any atom is 0.126 e. The molecule has 3 heteroatoms. The molecule has 0 saturated heterocycles. The minimum atomic E-state index is 0.187. The molecule has 1 aliphatic rings. The van der Waals surface area contributed by atoms with Gasteiger partial charge in [0, 0.05) is 43.2 Å². The second-order valence-corrected chi connectivity index (χ2v) is 8.10. The predicted molar refractivity (Wildman–Crippen MR) is 119 cm³/mol. The highest BCUT2D eigenvalue weighted by molar-refractivity contribution is 5.53. The molecule has 1 heterocycles. The highest BCUT2D eigenvalue weighted by Gasteiger charge is 2.33. The Balaban J connectivity index is 1.79. The smallest absolute Gasteiger partial charge is 0.126 e. The van der Waals surface area contributed by atoms with Gasteiger partial charge in [0.2, 0.25) is 0 Å². The van der Waals surface area contributed by atoms with Crippen LogP contribution in [0.5, 0.6) is 11.5 Å². The van der Waals surface area contributed by atoms with Crippen LogP contribution >= 0.6 is 0 Å². The van der Waals surface area contributed by atoms with Crippen LogP contribution in [0.3, 0.4) is 0 Å². The number of nitrogens with zero attached hydrogens (tertiary/aromatic N) is 1. The van der Waals surface area contributed by atoms with Gasteiger partial charge in [-0.15, -0.1) is 0 Å². The van der Waals surface area contributed by atoms with Gasteiger partial charge in [0.05, 0.1) is 6.61 Å². The highest BCUT2D eigenvalue weighted by atomic mass is 16.5. The lowest BCUT2D eigenvalue weighted by Crippen LogP contribution is -2.25. The molecule has 0 amide bonds. The fourth-order valence-electron chi connectivity index (χ4n) is 4.35. The Morgan fingerprint density at radius 3 is 2.48 bits per heavy atom. The van der Waals surface area contributed by atoms with E-state index in [1.165, 1.54) is 22.4 Å². The number of anilines is 1. The van der Waals surface area contributed by atoms with Crippen LogP contribution in [0.2, 0.25) is 0 Å². The Kier molecular flexibility index (Phi) is 5.48. The van der Waals surface area contributed by atoms with E-state index in [-0.39, 0.29) is 17.6 Å². The third kappa shape index (κ3) is 3.95. The second kappa shape index (κ2) is 8.20. The number of ether oxygens (including phenoxy) is 1. The second-order valence-electron chi connectivity index (χ2n) is 8.10. The van der Waals surface area contributed by atoms with Gasteiger partial charge in [-0.2, -0.15) is 0 Å². The van der Waals surface area contributed by atoms with Gasteiger partial charge in [0.25, 0.3) is 0 Å². The van der Waals surface area contributed by atoms with E-state index in [9.17, 15) is 5.11 Å². The summed E-state index contributed by atoms with van der Waals surface area (Å²) in [5, 5.41) is 9.94. The summed E-state index contributed by atoms with van der Waals surface area (Å²) in [4.78, 5) is 2.12. The van der Waals surface area contributed by atoms with Crippen LogP contribution in [0.4, 0.5) is 5.69 Å². The molecule has 0 aliphatic carbocycles. The number of benzene rings is 3. The first kappa shape index (κ1) is 19.4. The molecule has 29 heavy (non-hydrogen) atoms. The molecule has 3 aromatic rings. The molecule has 3 aromatic carbocycles. The van der Waals surface area contributed by atoms with Crippen LogP contribution in [0.25, 0.3) is 0 Å². The molecule has 4 rings (SSSR count). The van der Waals surface area contributed by atoms with E-state index in [0.29, 0.717) is 6.61 Å². The summed E-state index contributed by atoms with van der Waals surface area (Å²) in [7, 11) is 4.12. The Hall–Kier alpha value is -2.94. The first-order valence-electron chi connectivity index (χ1n) is 10.4. The van der Waals surface area contributed by atoms with Crippen molar-refractivity contribution in [2.75, 3.05) is 25.6 Å². The average molecular weight is 388 g/mol. The molecule has 0 bridgehead atoms. The Morgan fingerprint density at radius 1 is 0.966 bits per heavy atom. The quantitative estimate of drug-likeness (QED) is 0.608. The van der Waals surface area contributed by atoms with Gasteiger partial charge < -0.3 is 14.7 Å². The fraction of sp³-hybridized carbons (Fsp3) is 0.308.